The van der Waals surface area contributed by atoms with E-state index < -0.39 is 5.97 Å². The number of likely N-dealkylation sites (N-methyl/N-ethyl adjacent to an activating group) is 1. The Hall–Kier alpha value is -3.26. The van der Waals surface area contributed by atoms with Gasteiger partial charge in [-0.25, -0.2) is 4.79 Å². The molecule has 8 nitrogen and oxygen atoms in total. The van der Waals surface area contributed by atoms with E-state index in [1.165, 1.54) is 21.3 Å². The number of ether oxygens (including phenoxy) is 3. The SMILES string of the molecule is CC[NH+]1CCN(c2ccc(C(=O)OC)cc2NC(=O)c2cc(OC)cc(OC)c2)CC1. The first-order chi connectivity index (χ1) is 15.0. The monoisotopic (exact) mass is 428 g/mol. The van der Waals surface area contributed by atoms with Gasteiger partial charge >= 0.3 is 5.97 Å². The number of carbonyl (C=O) groups excluding carboxylic acids is 2. The number of anilines is 2. The Morgan fingerprint density at radius 1 is 0.968 bits per heavy atom. The summed E-state index contributed by atoms with van der Waals surface area (Å²) >= 11 is 0. The standard InChI is InChI=1S/C23H29N3O5/c1-5-25-8-10-26(11-9-25)21-7-6-16(23(28)31-4)14-20(21)24-22(27)17-12-18(29-2)15-19(13-17)30-3/h6-7,12-15H,5,8-11H2,1-4H3,(H,24,27)/p+1. The molecule has 1 aliphatic rings. The lowest BCUT2D eigenvalue weighted by Gasteiger charge is -2.34. The maximum atomic E-state index is 13.1. The van der Waals surface area contributed by atoms with Crippen molar-refractivity contribution in [2.45, 2.75) is 6.92 Å². The van der Waals surface area contributed by atoms with Crippen LogP contribution in [0.5, 0.6) is 11.5 Å². The van der Waals surface area contributed by atoms with Crippen LogP contribution in [0.15, 0.2) is 36.4 Å². The van der Waals surface area contributed by atoms with Gasteiger partial charge in [0.2, 0.25) is 0 Å². The highest BCUT2D eigenvalue weighted by molar-refractivity contribution is 6.07. The van der Waals surface area contributed by atoms with Gasteiger partial charge in [0.25, 0.3) is 5.91 Å². The first kappa shape index (κ1) is 22.4. The van der Waals surface area contributed by atoms with Gasteiger partial charge in [0.1, 0.15) is 11.5 Å². The molecule has 0 spiro atoms. The Labute approximate surface area is 182 Å². The molecule has 0 bridgehead atoms. The molecule has 1 amide bonds. The minimum Gasteiger partial charge on any atom is -0.497 e. The minimum atomic E-state index is -0.453. The Balaban J connectivity index is 1.92. The minimum absolute atomic E-state index is 0.321. The van der Waals surface area contributed by atoms with Gasteiger partial charge < -0.3 is 29.3 Å². The van der Waals surface area contributed by atoms with Crippen LogP contribution in [0.3, 0.4) is 0 Å². The molecule has 1 fully saturated rings. The first-order valence-corrected chi connectivity index (χ1v) is 10.3. The van der Waals surface area contributed by atoms with Gasteiger partial charge in [0.15, 0.2) is 0 Å². The second-order valence-electron chi connectivity index (χ2n) is 7.37. The number of methoxy groups -OCH3 is 3. The molecule has 0 aliphatic carbocycles. The number of benzene rings is 2. The molecule has 2 N–H and O–H groups in total. The van der Waals surface area contributed by atoms with E-state index in [0.717, 1.165) is 38.4 Å². The number of piperazine rings is 1. The maximum absolute atomic E-state index is 13.1. The molecule has 8 heteroatoms. The summed E-state index contributed by atoms with van der Waals surface area (Å²) in [4.78, 5) is 28.9. The molecule has 166 valence electrons. The summed E-state index contributed by atoms with van der Waals surface area (Å²) in [5, 5.41) is 2.97. The van der Waals surface area contributed by atoms with Crippen LogP contribution in [0.1, 0.15) is 27.6 Å². The molecular weight excluding hydrogens is 398 g/mol. The summed E-state index contributed by atoms with van der Waals surface area (Å²) in [6.07, 6.45) is 0. The van der Waals surface area contributed by atoms with Gasteiger partial charge in [-0.1, -0.05) is 0 Å². The van der Waals surface area contributed by atoms with Crippen LogP contribution in [0.4, 0.5) is 11.4 Å². The molecule has 31 heavy (non-hydrogen) atoms. The molecule has 0 aromatic heterocycles. The predicted octanol–water partition coefficient (Wildman–Crippen LogP) is 1.47. The summed E-state index contributed by atoms with van der Waals surface area (Å²) < 4.78 is 15.4. The zero-order valence-electron chi connectivity index (χ0n) is 18.5. The smallest absolute Gasteiger partial charge is 0.337 e. The molecular formula is C23H30N3O5+. The van der Waals surface area contributed by atoms with E-state index in [1.807, 2.05) is 6.07 Å². The van der Waals surface area contributed by atoms with Crippen molar-refractivity contribution in [1.29, 1.82) is 0 Å². The van der Waals surface area contributed by atoms with Gasteiger partial charge in [0.05, 0.1) is 71.0 Å². The molecule has 0 radical (unpaired) electrons. The average molecular weight is 429 g/mol. The van der Waals surface area contributed by atoms with Crippen molar-refractivity contribution in [2.75, 3.05) is 64.3 Å². The van der Waals surface area contributed by atoms with Crippen LogP contribution in [0, 0.1) is 0 Å². The second kappa shape index (κ2) is 10.2. The molecule has 0 unspecified atom stereocenters. The van der Waals surface area contributed by atoms with Gasteiger partial charge in [0, 0.05) is 11.6 Å². The molecule has 3 rings (SSSR count). The van der Waals surface area contributed by atoms with Crippen molar-refractivity contribution in [3.63, 3.8) is 0 Å². The lowest BCUT2D eigenvalue weighted by atomic mass is 10.1. The molecule has 1 heterocycles. The molecule has 0 atom stereocenters. The Bertz CT molecular complexity index is 917. The number of nitrogens with zero attached hydrogens (tertiary/aromatic N) is 1. The van der Waals surface area contributed by atoms with E-state index in [-0.39, 0.29) is 5.91 Å². The van der Waals surface area contributed by atoms with Crippen molar-refractivity contribution < 1.29 is 28.7 Å². The quantitative estimate of drug-likeness (QED) is 0.650. The lowest BCUT2D eigenvalue weighted by Crippen LogP contribution is -3.14. The molecule has 2 aromatic carbocycles. The van der Waals surface area contributed by atoms with Crippen molar-refractivity contribution >= 4 is 23.3 Å². The zero-order valence-corrected chi connectivity index (χ0v) is 18.5. The highest BCUT2D eigenvalue weighted by Crippen LogP contribution is 2.29. The van der Waals surface area contributed by atoms with Crippen LogP contribution >= 0.6 is 0 Å². The van der Waals surface area contributed by atoms with Gasteiger partial charge in [-0.15, -0.1) is 0 Å². The molecule has 1 aliphatic heterocycles. The number of amides is 1. The van der Waals surface area contributed by atoms with Crippen LogP contribution in [0.2, 0.25) is 0 Å². The molecule has 2 aromatic rings. The number of rotatable bonds is 7. The number of carbonyl (C=O) groups is 2. The van der Waals surface area contributed by atoms with Crippen molar-refractivity contribution in [3.05, 3.63) is 47.5 Å². The fourth-order valence-corrected chi connectivity index (χ4v) is 3.71. The van der Waals surface area contributed by atoms with E-state index in [9.17, 15) is 9.59 Å². The van der Waals surface area contributed by atoms with Crippen LogP contribution in [-0.4, -0.2) is 65.9 Å². The number of hydrogen-bond donors (Lipinski definition) is 2. The Kier molecular flexibility index (Phi) is 7.36. The van der Waals surface area contributed by atoms with E-state index in [0.29, 0.717) is 28.3 Å². The first-order valence-electron chi connectivity index (χ1n) is 10.3. The van der Waals surface area contributed by atoms with Crippen molar-refractivity contribution in [2.24, 2.45) is 0 Å². The van der Waals surface area contributed by atoms with E-state index in [4.69, 9.17) is 14.2 Å². The van der Waals surface area contributed by atoms with Crippen LogP contribution < -0.4 is 24.6 Å². The third kappa shape index (κ3) is 5.27. The highest BCUT2D eigenvalue weighted by atomic mass is 16.5. The summed E-state index contributed by atoms with van der Waals surface area (Å²) in [6, 6.07) is 10.2. The fourth-order valence-electron chi connectivity index (χ4n) is 3.71. The van der Waals surface area contributed by atoms with Crippen molar-refractivity contribution in [1.82, 2.24) is 0 Å². The van der Waals surface area contributed by atoms with E-state index >= 15 is 0 Å². The normalized spacial score (nSPS) is 14.1. The fraction of sp³-hybridized carbons (Fsp3) is 0.391. The summed E-state index contributed by atoms with van der Waals surface area (Å²) in [7, 11) is 4.41. The van der Waals surface area contributed by atoms with Crippen molar-refractivity contribution in [3.8, 4) is 11.5 Å². The van der Waals surface area contributed by atoms with E-state index in [2.05, 4.69) is 17.1 Å². The summed E-state index contributed by atoms with van der Waals surface area (Å²) in [6.45, 7) is 7.07. The second-order valence-corrected chi connectivity index (χ2v) is 7.37. The van der Waals surface area contributed by atoms with Gasteiger partial charge in [-0.2, -0.15) is 0 Å². The topological polar surface area (TPSA) is 81.5 Å². The lowest BCUT2D eigenvalue weighted by molar-refractivity contribution is -0.898. The maximum Gasteiger partial charge on any atom is 0.337 e. The number of hydrogen-bond acceptors (Lipinski definition) is 6. The Morgan fingerprint density at radius 3 is 2.16 bits per heavy atom. The Morgan fingerprint density at radius 2 is 1.61 bits per heavy atom. The van der Waals surface area contributed by atoms with E-state index in [1.54, 1.807) is 35.2 Å². The summed E-state index contributed by atoms with van der Waals surface area (Å²) in [5.41, 5.74) is 2.22. The zero-order chi connectivity index (χ0) is 22.4. The highest BCUT2D eigenvalue weighted by Gasteiger charge is 2.23. The third-order valence-electron chi connectivity index (χ3n) is 5.59. The number of nitrogens with one attached hydrogen (secondary N) is 2. The number of quaternary nitrogens is 1. The van der Waals surface area contributed by atoms with Gasteiger partial charge in [-0.05, 0) is 37.3 Å². The number of esters is 1. The third-order valence-corrected chi connectivity index (χ3v) is 5.59. The predicted molar refractivity (Wildman–Crippen MR) is 119 cm³/mol. The van der Waals surface area contributed by atoms with Crippen LogP contribution in [0.25, 0.3) is 0 Å². The largest absolute Gasteiger partial charge is 0.497 e. The van der Waals surface area contributed by atoms with Crippen LogP contribution in [-0.2, 0) is 4.74 Å². The summed E-state index contributed by atoms with van der Waals surface area (Å²) in [5.74, 6) is 0.266. The van der Waals surface area contributed by atoms with Gasteiger partial charge in [-0.3, -0.25) is 4.79 Å². The molecule has 0 saturated carbocycles. The average Bonchev–Trinajstić information content (AvgIpc) is 2.83. The molecule has 1 saturated heterocycles.